The van der Waals surface area contributed by atoms with Gasteiger partial charge in [0.25, 0.3) is 0 Å². The van der Waals surface area contributed by atoms with Gasteiger partial charge >= 0.3 is 0 Å². The van der Waals surface area contributed by atoms with E-state index in [9.17, 15) is 0 Å². The predicted octanol–water partition coefficient (Wildman–Crippen LogP) is 1.73. The minimum absolute atomic E-state index is 0.793. The van der Waals surface area contributed by atoms with E-state index in [1.165, 1.54) is 5.57 Å². The molecule has 0 aliphatic carbocycles. The lowest BCUT2D eigenvalue weighted by atomic mass is 10.1. The topological polar surface area (TPSA) is 21.6 Å². The van der Waals surface area contributed by atoms with Gasteiger partial charge < -0.3 is 4.74 Å². The zero-order chi connectivity index (χ0) is 6.69. The van der Waals surface area contributed by atoms with Gasteiger partial charge in [-0.05, 0) is 25.3 Å². The monoisotopic (exact) mass is 125 g/mol. The SMILES string of the molecule is COC1=C(C)CCC=N1. The first-order valence-corrected chi connectivity index (χ1v) is 3.11. The number of hydrogen-bond acceptors (Lipinski definition) is 2. The van der Waals surface area contributed by atoms with Crippen LogP contribution in [-0.4, -0.2) is 13.3 Å². The Balaban J connectivity index is 2.72. The molecular weight excluding hydrogens is 114 g/mol. The molecule has 0 fully saturated rings. The van der Waals surface area contributed by atoms with Gasteiger partial charge in [0.2, 0.25) is 5.88 Å². The third-order valence-corrected chi connectivity index (χ3v) is 1.42. The van der Waals surface area contributed by atoms with Gasteiger partial charge in [-0.3, -0.25) is 0 Å². The molecule has 0 spiro atoms. The molecule has 2 heteroatoms. The van der Waals surface area contributed by atoms with Crippen molar-refractivity contribution in [3.8, 4) is 0 Å². The average Bonchev–Trinajstić information content (AvgIpc) is 1.89. The maximum Gasteiger partial charge on any atom is 0.211 e. The van der Waals surface area contributed by atoms with E-state index < -0.39 is 0 Å². The van der Waals surface area contributed by atoms with Crippen molar-refractivity contribution in [3.63, 3.8) is 0 Å². The van der Waals surface area contributed by atoms with Gasteiger partial charge in [-0.25, -0.2) is 4.99 Å². The summed E-state index contributed by atoms with van der Waals surface area (Å²) >= 11 is 0. The molecule has 0 aromatic heterocycles. The fraction of sp³-hybridized carbons (Fsp3) is 0.571. The van der Waals surface area contributed by atoms with Crippen molar-refractivity contribution in [2.75, 3.05) is 7.11 Å². The van der Waals surface area contributed by atoms with Gasteiger partial charge in [0.05, 0.1) is 7.11 Å². The quantitative estimate of drug-likeness (QED) is 0.523. The number of allylic oxidation sites excluding steroid dienone is 1. The van der Waals surface area contributed by atoms with E-state index in [-0.39, 0.29) is 0 Å². The highest BCUT2D eigenvalue weighted by atomic mass is 16.5. The van der Waals surface area contributed by atoms with Crippen molar-refractivity contribution >= 4 is 6.21 Å². The number of hydrogen-bond donors (Lipinski definition) is 0. The average molecular weight is 125 g/mol. The van der Waals surface area contributed by atoms with Gasteiger partial charge in [0, 0.05) is 6.21 Å². The van der Waals surface area contributed by atoms with Crippen LogP contribution in [0.2, 0.25) is 0 Å². The Hall–Kier alpha value is -0.790. The van der Waals surface area contributed by atoms with E-state index in [1.54, 1.807) is 7.11 Å². The maximum atomic E-state index is 4.99. The second-order valence-corrected chi connectivity index (χ2v) is 2.14. The molecule has 0 unspecified atom stereocenters. The molecule has 0 saturated carbocycles. The molecule has 9 heavy (non-hydrogen) atoms. The smallest absolute Gasteiger partial charge is 0.211 e. The summed E-state index contributed by atoms with van der Waals surface area (Å²) in [5.74, 6) is 0.793. The molecule has 2 nitrogen and oxygen atoms in total. The summed E-state index contributed by atoms with van der Waals surface area (Å²) in [4.78, 5) is 4.06. The van der Waals surface area contributed by atoms with E-state index in [4.69, 9.17) is 4.74 Å². The van der Waals surface area contributed by atoms with Gasteiger partial charge in [-0.1, -0.05) is 0 Å². The van der Waals surface area contributed by atoms with Crippen molar-refractivity contribution in [2.45, 2.75) is 19.8 Å². The minimum Gasteiger partial charge on any atom is -0.481 e. The first kappa shape index (κ1) is 6.33. The Bertz CT molecular complexity index is 158. The Kier molecular flexibility index (Phi) is 1.88. The molecule has 0 amide bonds. The summed E-state index contributed by atoms with van der Waals surface area (Å²) < 4.78 is 4.99. The number of nitrogens with zero attached hydrogens (tertiary/aromatic N) is 1. The zero-order valence-corrected chi connectivity index (χ0v) is 5.85. The van der Waals surface area contributed by atoms with Crippen LogP contribution >= 0.6 is 0 Å². The first-order valence-electron chi connectivity index (χ1n) is 3.11. The summed E-state index contributed by atoms with van der Waals surface area (Å²) in [6.07, 6.45) is 4.04. The standard InChI is InChI=1S/C7H11NO/c1-6-4-3-5-8-7(6)9-2/h5H,3-4H2,1-2H3. The Morgan fingerprint density at radius 3 is 2.89 bits per heavy atom. The largest absolute Gasteiger partial charge is 0.481 e. The van der Waals surface area contributed by atoms with Crippen molar-refractivity contribution in [1.29, 1.82) is 0 Å². The molecule has 0 bridgehead atoms. The second kappa shape index (κ2) is 2.67. The van der Waals surface area contributed by atoms with Crippen LogP contribution in [0.3, 0.4) is 0 Å². The van der Waals surface area contributed by atoms with Crippen LogP contribution < -0.4 is 0 Å². The van der Waals surface area contributed by atoms with E-state index in [2.05, 4.69) is 11.9 Å². The number of ether oxygens (including phenoxy) is 1. The third kappa shape index (κ3) is 1.31. The predicted molar refractivity (Wildman–Crippen MR) is 37.4 cm³/mol. The summed E-state index contributed by atoms with van der Waals surface area (Å²) in [6, 6.07) is 0. The maximum absolute atomic E-state index is 4.99. The molecule has 0 N–H and O–H groups in total. The summed E-state index contributed by atoms with van der Waals surface area (Å²) in [5.41, 5.74) is 1.25. The lowest BCUT2D eigenvalue weighted by Gasteiger charge is -2.08. The van der Waals surface area contributed by atoms with Crippen LogP contribution in [0.25, 0.3) is 0 Å². The van der Waals surface area contributed by atoms with Crippen molar-refractivity contribution < 1.29 is 4.74 Å². The number of rotatable bonds is 1. The highest BCUT2D eigenvalue weighted by Crippen LogP contribution is 2.15. The van der Waals surface area contributed by atoms with Crippen LogP contribution in [0.15, 0.2) is 16.4 Å². The molecule has 0 aromatic carbocycles. The van der Waals surface area contributed by atoms with Crippen LogP contribution in [-0.2, 0) is 4.74 Å². The summed E-state index contributed by atoms with van der Waals surface area (Å²) in [5, 5.41) is 0. The van der Waals surface area contributed by atoms with Gasteiger partial charge in [0.15, 0.2) is 0 Å². The minimum atomic E-state index is 0.793. The van der Waals surface area contributed by atoms with E-state index in [0.29, 0.717) is 0 Å². The number of aliphatic imine (C=N–C) groups is 1. The summed E-state index contributed by atoms with van der Waals surface area (Å²) in [7, 11) is 1.65. The Labute approximate surface area is 55.2 Å². The highest BCUT2D eigenvalue weighted by molar-refractivity contribution is 5.60. The molecule has 50 valence electrons. The van der Waals surface area contributed by atoms with E-state index >= 15 is 0 Å². The molecule has 1 aliphatic heterocycles. The van der Waals surface area contributed by atoms with Gasteiger partial charge in [-0.15, -0.1) is 0 Å². The van der Waals surface area contributed by atoms with Crippen molar-refractivity contribution in [2.24, 2.45) is 4.99 Å². The highest BCUT2D eigenvalue weighted by Gasteiger charge is 2.03. The second-order valence-electron chi connectivity index (χ2n) is 2.14. The van der Waals surface area contributed by atoms with E-state index in [1.807, 2.05) is 6.21 Å². The fourth-order valence-corrected chi connectivity index (χ4v) is 0.873. The third-order valence-electron chi connectivity index (χ3n) is 1.42. The lowest BCUT2D eigenvalue weighted by Crippen LogP contribution is -1.95. The van der Waals surface area contributed by atoms with Gasteiger partial charge in [0.1, 0.15) is 0 Å². The molecule has 0 radical (unpaired) electrons. The first-order chi connectivity index (χ1) is 4.34. The normalized spacial score (nSPS) is 18.4. The molecule has 0 atom stereocenters. The zero-order valence-electron chi connectivity index (χ0n) is 5.85. The summed E-state index contributed by atoms with van der Waals surface area (Å²) in [6.45, 7) is 2.05. The fourth-order valence-electron chi connectivity index (χ4n) is 0.873. The van der Waals surface area contributed by atoms with Crippen molar-refractivity contribution in [1.82, 2.24) is 0 Å². The molecular formula is C7H11NO. The van der Waals surface area contributed by atoms with E-state index in [0.717, 1.165) is 18.7 Å². The number of methoxy groups -OCH3 is 1. The van der Waals surface area contributed by atoms with Crippen LogP contribution in [0.5, 0.6) is 0 Å². The Morgan fingerprint density at radius 1 is 1.67 bits per heavy atom. The molecule has 0 aromatic rings. The van der Waals surface area contributed by atoms with Crippen molar-refractivity contribution in [3.05, 3.63) is 11.5 Å². The molecule has 1 aliphatic rings. The molecule has 0 saturated heterocycles. The van der Waals surface area contributed by atoms with Crippen LogP contribution in [0, 0.1) is 0 Å². The van der Waals surface area contributed by atoms with Crippen LogP contribution in [0.1, 0.15) is 19.8 Å². The Morgan fingerprint density at radius 2 is 2.44 bits per heavy atom. The van der Waals surface area contributed by atoms with Gasteiger partial charge in [-0.2, -0.15) is 0 Å². The van der Waals surface area contributed by atoms with Crippen LogP contribution in [0.4, 0.5) is 0 Å². The molecule has 1 rings (SSSR count). The lowest BCUT2D eigenvalue weighted by molar-refractivity contribution is 0.281. The molecule has 1 heterocycles.